The molecule has 3 aromatic rings. The molecule has 1 amide bonds. The number of para-hydroxylation sites is 1. The molecular formula is C30H32N2O5. The topological polar surface area (TPSA) is 80.3 Å². The smallest absolute Gasteiger partial charge is 0.246 e. The molecule has 1 atom stereocenters. The molecule has 0 heterocycles. The number of amides is 1. The number of phenols is 1. The minimum Gasteiger partial charge on any atom is -0.502 e. The lowest BCUT2D eigenvalue weighted by molar-refractivity contribution is -0.118. The number of hydrogen-bond acceptors (Lipinski definition) is 6. The van der Waals surface area contributed by atoms with Crippen LogP contribution in [0.1, 0.15) is 23.6 Å². The SMILES string of the molecule is COc1ccc2c(c1)C(C(C(=O)Nc1ccccc1)N(C)C)=C(C)/C2=C/c1cc(OC)c(O)c(OC)c1. The number of nitrogens with one attached hydrogen (secondary N) is 1. The molecule has 7 heteroatoms. The Morgan fingerprint density at radius 2 is 1.57 bits per heavy atom. The first-order valence-electron chi connectivity index (χ1n) is 11.9. The van der Waals surface area contributed by atoms with Crippen molar-refractivity contribution in [3.63, 3.8) is 0 Å². The second-order valence-electron chi connectivity index (χ2n) is 9.00. The maximum Gasteiger partial charge on any atom is 0.246 e. The summed E-state index contributed by atoms with van der Waals surface area (Å²) in [6.07, 6.45) is 2.01. The molecule has 1 unspecified atom stereocenters. The molecule has 0 spiro atoms. The van der Waals surface area contributed by atoms with Crippen LogP contribution in [0.15, 0.2) is 66.2 Å². The number of likely N-dealkylation sites (N-methyl/N-ethyl adjacent to an activating group) is 1. The van der Waals surface area contributed by atoms with E-state index in [1.54, 1.807) is 19.2 Å². The third kappa shape index (κ3) is 5.04. The van der Waals surface area contributed by atoms with Gasteiger partial charge in [0.1, 0.15) is 11.8 Å². The molecule has 1 aliphatic rings. The van der Waals surface area contributed by atoms with E-state index in [4.69, 9.17) is 14.2 Å². The van der Waals surface area contributed by atoms with Gasteiger partial charge in [-0.1, -0.05) is 24.3 Å². The largest absolute Gasteiger partial charge is 0.502 e. The van der Waals surface area contributed by atoms with Gasteiger partial charge in [0.15, 0.2) is 11.5 Å². The van der Waals surface area contributed by atoms with Crippen molar-refractivity contribution >= 4 is 28.8 Å². The summed E-state index contributed by atoms with van der Waals surface area (Å²) in [5.74, 6) is 1.15. The second-order valence-corrected chi connectivity index (χ2v) is 9.00. The fraction of sp³-hybridized carbons (Fsp3) is 0.233. The normalized spacial score (nSPS) is 14.5. The fourth-order valence-corrected chi connectivity index (χ4v) is 4.72. The van der Waals surface area contributed by atoms with Crippen molar-refractivity contribution in [2.45, 2.75) is 13.0 Å². The summed E-state index contributed by atoms with van der Waals surface area (Å²) in [4.78, 5) is 15.5. The number of fused-ring (bicyclic) bond motifs is 1. The summed E-state index contributed by atoms with van der Waals surface area (Å²) < 4.78 is 16.2. The van der Waals surface area contributed by atoms with E-state index < -0.39 is 6.04 Å². The number of allylic oxidation sites excluding steroid dienone is 2. The number of ether oxygens (including phenoxy) is 3. The number of carbonyl (C=O) groups is 1. The number of methoxy groups -OCH3 is 3. The quantitative estimate of drug-likeness (QED) is 0.436. The number of nitrogens with zero attached hydrogens (tertiary/aromatic N) is 1. The van der Waals surface area contributed by atoms with E-state index in [-0.39, 0.29) is 11.7 Å². The first-order valence-corrected chi connectivity index (χ1v) is 11.9. The summed E-state index contributed by atoms with van der Waals surface area (Å²) in [6, 6.07) is 18.3. The fourth-order valence-electron chi connectivity index (χ4n) is 4.72. The third-order valence-corrected chi connectivity index (χ3v) is 6.51. The lowest BCUT2D eigenvalue weighted by Gasteiger charge is -2.26. The Kier molecular flexibility index (Phi) is 7.55. The second kappa shape index (κ2) is 10.8. The summed E-state index contributed by atoms with van der Waals surface area (Å²) in [5.41, 5.74) is 6.27. The highest BCUT2D eigenvalue weighted by Gasteiger charge is 2.35. The Labute approximate surface area is 217 Å². The van der Waals surface area contributed by atoms with E-state index in [0.29, 0.717) is 17.2 Å². The number of carbonyl (C=O) groups excluding carboxylic acids is 1. The van der Waals surface area contributed by atoms with Gasteiger partial charge >= 0.3 is 0 Å². The van der Waals surface area contributed by atoms with E-state index in [9.17, 15) is 9.90 Å². The van der Waals surface area contributed by atoms with Crippen molar-refractivity contribution < 1.29 is 24.1 Å². The molecule has 1 aliphatic carbocycles. The van der Waals surface area contributed by atoms with Crippen LogP contribution >= 0.6 is 0 Å². The van der Waals surface area contributed by atoms with E-state index in [1.165, 1.54) is 14.2 Å². The van der Waals surface area contributed by atoms with Gasteiger partial charge in [-0.25, -0.2) is 0 Å². The molecule has 7 nitrogen and oxygen atoms in total. The van der Waals surface area contributed by atoms with Crippen molar-refractivity contribution in [1.82, 2.24) is 4.90 Å². The van der Waals surface area contributed by atoms with Gasteiger partial charge in [0, 0.05) is 5.69 Å². The van der Waals surface area contributed by atoms with Crippen molar-refractivity contribution in [1.29, 1.82) is 0 Å². The van der Waals surface area contributed by atoms with Crippen molar-refractivity contribution in [2.24, 2.45) is 0 Å². The summed E-state index contributed by atoms with van der Waals surface area (Å²) >= 11 is 0. The molecule has 37 heavy (non-hydrogen) atoms. The predicted octanol–water partition coefficient (Wildman–Crippen LogP) is 5.31. The van der Waals surface area contributed by atoms with Crippen molar-refractivity contribution in [3.8, 4) is 23.0 Å². The van der Waals surface area contributed by atoms with Crippen LogP contribution in [-0.2, 0) is 4.79 Å². The summed E-state index contributed by atoms with van der Waals surface area (Å²) in [6.45, 7) is 2.02. The van der Waals surface area contributed by atoms with Crippen LogP contribution in [0.5, 0.6) is 23.0 Å². The first kappa shape index (κ1) is 25.9. The van der Waals surface area contributed by atoms with Gasteiger partial charge in [-0.2, -0.15) is 0 Å². The molecule has 0 bridgehead atoms. The highest BCUT2D eigenvalue weighted by Crippen LogP contribution is 2.47. The van der Waals surface area contributed by atoms with Crippen LogP contribution in [0.4, 0.5) is 5.69 Å². The molecule has 0 saturated carbocycles. The highest BCUT2D eigenvalue weighted by atomic mass is 16.5. The molecule has 0 radical (unpaired) electrons. The van der Waals surface area contributed by atoms with Crippen LogP contribution in [-0.4, -0.2) is 57.4 Å². The molecule has 0 saturated heterocycles. The van der Waals surface area contributed by atoms with Crippen molar-refractivity contribution in [3.05, 3.63) is 82.9 Å². The number of aromatic hydroxyl groups is 1. The van der Waals surface area contributed by atoms with Gasteiger partial charge in [-0.3, -0.25) is 9.69 Å². The minimum atomic E-state index is -0.555. The lowest BCUT2D eigenvalue weighted by atomic mass is 9.96. The highest BCUT2D eigenvalue weighted by molar-refractivity contribution is 6.13. The Morgan fingerprint density at radius 3 is 2.14 bits per heavy atom. The maximum absolute atomic E-state index is 13.6. The van der Waals surface area contributed by atoms with Gasteiger partial charge in [0.25, 0.3) is 0 Å². The average molecular weight is 501 g/mol. The maximum atomic E-state index is 13.6. The summed E-state index contributed by atoms with van der Waals surface area (Å²) in [7, 11) is 8.42. The zero-order valence-electron chi connectivity index (χ0n) is 22.0. The Hall–Kier alpha value is -4.23. The average Bonchev–Trinajstić information content (AvgIpc) is 3.15. The molecule has 0 aliphatic heterocycles. The number of rotatable bonds is 8. The number of benzene rings is 3. The van der Waals surface area contributed by atoms with Crippen LogP contribution in [0, 0.1) is 0 Å². The molecule has 192 valence electrons. The van der Waals surface area contributed by atoms with Crippen LogP contribution in [0.2, 0.25) is 0 Å². The van der Waals surface area contributed by atoms with Gasteiger partial charge in [0.2, 0.25) is 11.7 Å². The van der Waals surface area contributed by atoms with E-state index in [1.807, 2.05) is 80.5 Å². The first-order chi connectivity index (χ1) is 17.8. The number of hydrogen-bond donors (Lipinski definition) is 2. The van der Waals surface area contributed by atoms with E-state index in [0.717, 1.165) is 39.1 Å². The predicted molar refractivity (Wildman–Crippen MR) is 147 cm³/mol. The zero-order chi connectivity index (χ0) is 26.7. The van der Waals surface area contributed by atoms with Gasteiger partial charge in [-0.15, -0.1) is 0 Å². The Bertz CT molecular complexity index is 1350. The van der Waals surface area contributed by atoms with Crippen LogP contribution in [0.3, 0.4) is 0 Å². The minimum absolute atomic E-state index is 0.0538. The van der Waals surface area contributed by atoms with E-state index >= 15 is 0 Å². The molecule has 0 aromatic heterocycles. The standard InChI is InChI=1S/C30H32N2O5/c1-18-23(14-19-15-25(36-5)29(33)26(16-19)37-6)22-13-12-21(35-4)17-24(22)27(18)28(32(2)3)30(34)31-20-10-8-7-9-11-20/h7-17,28,33H,1-6H3,(H,31,34)/b23-14-. The van der Waals surface area contributed by atoms with Gasteiger partial charge in [0.05, 0.1) is 21.3 Å². The molecule has 0 fully saturated rings. The molecule has 2 N–H and O–H groups in total. The Morgan fingerprint density at radius 1 is 0.919 bits per heavy atom. The molecule has 4 rings (SSSR count). The monoisotopic (exact) mass is 500 g/mol. The van der Waals surface area contributed by atoms with Crippen LogP contribution < -0.4 is 19.5 Å². The van der Waals surface area contributed by atoms with Gasteiger partial charge in [-0.05, 0) is 96.9 Å². The number of phenolic OH excluding ortho intramolecular Hbond substituents is 1. The van der Waals surface area contributed by atoms with Crippen molar-refractivity contribution in [2.75, 3.05) is 40.7 Å². The third-order valence-electron chi connectivity index (χ3n) is 6.51. The number of anilines is 1. The molecule has 3 aromatic carbocycles. The lowest BCUT2D eigenvalue weighted by Crippen LogP contribution is -2.40. The molecular weight excluding hydrogens is 468 g/mol. The van der Waals surface area contributed by atoms with Crippen LogP contribution in [0.25, 0.3) is 17.2 Å². The zero-order valence-corrected chi connectivity index (χ0v) is 22.0. The van der Waals surface area contributed by atoms with E-state index in [2.05, 4.69) is 5.32 Å². The Balaban J connectivity index is 1.88. The summed E-state index contributed by atoms with van der Waals surface area (Å²) in [5, 5.41) is 13.4. The van der Waals surface area contributed by atoms with Gasteiger partial charge < -0.3 is 24.6 Å².